The first kappa shape index (κ1) is 13.2. The Labute approximate surface area is 96.1 Å². The summed E-state index contributed by atoms with van der Waals surface area (Å²) in [6.45, 7) is 7.39. The average molecular weight is 232 g/mol. The molecule has 1 rings (SSSR count). The molecule has 0 aromatic heterocycles. The largest absolute Gasteiger partial charge is 0.444 e. The van der Waals surface area contributed by atoms with Crippen LogP contribution in [-0.4, -0.2) is 49.4 Å². The van der Waals surface area contributed by atoms with Crippen molar-refractivity contribution < 1.29 is 13.9 Å². The lowest BCUT2D eigenvalue weighted by Crippen LogP contribution is -2.40. The van der Waals surface area contributed by atoms with Crippen molar-refractivity contribution in [3.8, 4) is 0 Å². The number of ether oxygens (including phenoxy) is 1. The van der Waals surface area contributed by atoms with Crippen LogP contribution >= 0.6 is 0 Å². The number of rotatable bonds is 1. The van der Waals surface area contributed by atoms with E-state index >= 15 is 0 Å². The van der Waals surface area contributed by atoms with Gasteiger partial charge in [-0.3, -0.25) is 4.39 Å². The molecule has 1 amide bonds. The van der Waals surface area contributed by atoms with Crippen LogP contribution in [0, 0.1) is 5.92 Å². The SMILES string of the molecule is CC(C)(C)OC(=O)N1CCNCC(CF)C1. The minimum absolute atomic E-state index is 0.130. The molecule has 0 aromatic rings. The first-order valence-corrected chi connectivity index (χ1v) is 5.67. The summed E-state index contributed by atoms with van der Waals surface area (Å²) < 4.78 is 17.9. The highest BCUT2D eigenvalue weighted by Crippen LogP contribution is 2.12. The Bertz CT molecular complexity index is 241. The van der Waals surface area contributed by atoms with Gasteiger partial charge in [-0.2, -0.15) is 0 Å². The lowest BCUT2D eigenvalue weighted by atomic mass is 10.1. The third-order valence-electron chi connectivity index (χ3n) is 2.34. The number of carbonyl (C=O) groups excluding carboxylic acids is 1. The molecule has 0 radical (unpaired) electrons. The van der Waals surface area contributed by atoms with Crippen LogP contribution in [-0.2, 0) is 4.74 Å². The van der Waals surface area contributed by atoms with Gasteiger partial charge in [0.15, 0.2) is 0 Å². The number of amides is 1. The Morgan fingerprint density at radius 2 is 2.25 bits per heavy atom. The van der Waals surface area contributed by atoms with Gasteiger partial charge in [-0.1, -0.05) is 0 Å². The summed E-state index contributed by atoms with van der Waals surface area (Å²) in [4.78, 5) is 13.4. The number of halogens is 1. The molecule has 0 aliphatic carbocycles. The van der Waals surface area contributed by atoms with Gasteiger partial charge in [-0.05, 0) is 20.8 Å². The molecular weight excluding hydrogens is 211 g/mol. The van der Waals surface area contributed by atoms with Gasteiger partial charge in [0.05, 0.1) is 6.67 Å². The van der Waals surface area contributed by atoms with Crippen LogP contribution in [0.5, 0.6) is 0 Å². The van der Waals surface area contributed by atoms with Crippen molar-refractivity contribution >= 4 is 6.09 Å². The number of nitrogens with one attached hydrogen (secondary N) is 1. The van der Waals surface area contributed by atoms with Crippen LogP contribution in [0.3, 0.4) is 0 Å². The van der Waals surface area contributed by atoms with Gasteiger partial charge in [-0.15, -0.1) is 0 Å². The Balaban J connectivity index is 2.53. The van der Waals surface area contributed by atoms with Crippen molar-refractivity contribution in [1.29, 1.82) is 0 Å². The van der Waals surface area contributed by atoms with Crippen LogP contribution in [0.15, 0.2) is 0 Å². The topological polar surface area (TPSA) is 41.6 Å². The monoisotopic (exact) mass is 232 g/mol. The maximum Gasteiger partial charge on any atom is 0.410 e. The Morgan fingerprint density at radius 1 is 1.56 bits per heavy atom. The van der Waals surface area contributed by atoms with Crippen molar-refractivity contribution in [2.75, 3.05) is 32.9 Å². The summed E-state index contributed by atoms with van der Waals surface area (Å²) in [6, 6.07) is 0. The minimum Gasteiger partial charge on any atom is -0.444 e. The second-order valence-corrected chi connectivity index (χ2v) is 5.15. The van der Waals surface area contributed by atoms with Gasteiger partial charge in [0.2, 0.25) is 0 Å². The van der Waals surface area contributed by atoms with Crippen LogP contribution < -0.4 is 5.32 Å². The third kappa shape index (κ3) is 4.35. The third-order valence-corrected chi connectivity index (χ3v) is 2.34. The van der Waals surface area contributed by atoms with E-state index in [1.807, 2.05) is 20.8 Å². The molecule has 16 heavy (non-hydrogen) atoms. The Kier molecular flexibility index (Phi) is 4.53. The normalized spacial score (nSPS) is 22.8. The standard InChI is InChI=1S/C11H21FN2O2/c1-11(2,3)16-10(15)14-5-4-13-7-9(6-12)8-14/h9,13H,4-8H2,1-3H3. The highest BCUT2D eigenvalue weighted by atomic mass is 19.1. The summed E-state index contributed by atoms with van der Waals surface area (Å²) in [7, 11) is 0. The molecule has 0 aromatic carbocycles. The summed E-state index contributed by atoms with van der Waals surface area (Å²) in [5.41, 5.74) is -0.498. The molecule has 94 valence electrons. The number of alkyl halides is 1. The van der Waals surface area contributed by atoms with E-state index in [4.69, 9.17) is 4.74 Å². The van der Waals surface area contributed by atoms with E-state index < -0.39 is 12.3 Å². The van der Waals surface area contributed by atoms with Crippen LogP contribution in [0.1, 0.15) is 20.8 Å². The zero-order valence-electron chi connectivity index (χ0n) is 10.3. The second kappa shape index (κ2) is 5.48. The summed E-state index contributed by atoms with van der Waals surface area (Å²) >= 11 is 0. The van der Waals surface area contributed by atoms with E-state index in [2.05, 4.69) is 5.32 Å². The molecule has 4 nitrogen and oxygen atoms in total. The van der Waals surface area contributed by atoms with E-state index in [-0.39, 0.29) is 12.0 Å². The molecule has 5 heteroatoms. The zero-order chi connectivity index (χ0) is 12.2. The molecule has 1 aliphatic rings. The van der Waals surface area contributed by atoms with Crippen molar-refractivity contribution in [3.05, 3.63) is 0 Å². The number of hydrogen-bond donors (Lipinski definition) is 1. The molecule has 1 fully saturated rings. The average Bonchev–Trinajstić information content (AvgIpc) is 2.39. The quantitative estimate of drug-likeness (QED) is 0.743. The van der Waals surface area contributed by atoms with Gasteiger partial charge in [-0.25, -0.2) is 4.79 Å². The molecule has 0 bridgehead atoms. The van der Waals surface area contributed by atoms with E-state index in [1.54, 1.807) is 4.90 Å². The van der Waals surface area contributed by atoms with Gasteiger partial charge >= 0.3 is 6.09 Å². The van der Waals surface area contributed by atoms with Crippen LogP contribution in [0.4, 0.5) is 9.18 Å². The van der Waals surface area contributed by atoms with Crippen molar-refractivity contribution in [1.82, 2.24) is 10.2 Å². The minimum atomic E-state index is -0.498. The predicted molar refractivity (Wildman–Crippen MR) is 60.1 cm³/mol. The van der Waals surface area contributed by atoms with E-state index in [9.17, 15) is 9.18 Å². The van der Waals surface area contributed by atoms with E-state index in [1.165, 1.54) is 0 Å². The highest BCUT2D eigenvalue weighted by Gasteiger charge is 2.26. The molecule has 1 heterocycles. The fourth-order valence-electron chi connectivity index (χ4n) is 1.58. The van der Waals surface area contributed by atoms with Crippen molar-refractivity contribution in [3.63, 3.8) is 0 Å². The molecule has 1 saturated heterocycles. The lowest BCUT2D eigenvalue weighted by Gasteiger charge is -2.27. The van der Waals surface area contributed by atoms with E-state index in [0.29, 0.717) is 26.2 Å². The highest BCUT2D eigenvalue weighted by molar-refractivity contribution is 5.68. The van der Waals surface area contributed by atoms with Gasteiger partial charge in [0.25, 0.3) is 0 Å². The molecule has 1 atom stereocenters. The summed E-state index contributed by atoms with van der Waals surface area (Å²) in [5.74, 6) is -0.130. The molecule has 1 unspecified atom stereocenters. The van der Waals surface area contributed by atoms with Crippen molar-refractivity contribution in [2.45, 2.75) is 26.4 Å². The smallest absolute Gasteiger partial charge is 0.410 e. The van der Waals surface area contributed by atoms with Gasteiger partial charge in [0.1, 0.15) is 5.60 Å². The maximum absolute atomic E-state index is 12.6. The molecule has 0 saturated carbocycles. The molecule has 0 spiro atoms. The molecule has 1 N–H and O–H groups in total. The number of carbonyl (C=O) groups is 1. The maximum atomic E-state index is 12.6. The summed E-state index contributed by atoms with van der Waals surface area (Å²) in [6.07, 6.45) is -0.352. The number of nitrogens with zero attached hydrogens (tertiary/aromatic N) is 1. The number of hydrogen-bond acceptors (Lipinski definition) is 3. The summed E-state index contributed by atoms with van der Waals surface area (Å²) in [5, 5.41) is 3.11. The fraction of sp³-hybridized carbons (Fsp3) is 0.909. The fourth-order valence-corrected chi connectivity index (χ4v) is 1.58. The van der Waals surface area contributed by atoms with E-state index in [0.717, 1.165) is 0 Å². The Morgan fingerprint density at radius 3 is 2.81 bits per heavy atom. The van der Waals surface area contributed by atoms with Crippen LogP contribution in [0.25, 0.3) is 0 Å². The van der Waals surface area contributed by atoms with Gasteiger partial charge < -0.3 is 15.0 Å². The molecule has 1 aliphatic heterocycles. The molecular formula is C11H21FN2O2. The van der Waals surface area contributed by atoms with Crippen LogP contribution in [0.2, 0.25) is 0 Å². The zero-order valence-corrected chi connectivity index (χ0v) is 10.3. The van der Waals surface area contributed by atoms with Gasteiger partial charge in [0, 0.05) is 32.1 Å². The van der Waals surface area contributed by atoms with Crippen molar-refractivity contribution in [2.24, 2.45) is 5.92 Å². The first-order chi connectivity index (χ1) is 7.42. The Hall–Kier alpha value is -0.840. The second-order valence-electron chi connectivity index (χ2n) is 5.15. The lowest BCUT2D eigenvalue weighted by molar-refractivity contribution is 0.0236. The predicted octanol–water partition coefficient (Wildman–Crippen LogP) is 1.41. The first-order valence-electron chi connectivity index (χ1n) is 5.67.